The van der Waals surface area contributed by atoms with Crippen molar-refractivity contribution in [1.82, 2.24) is 0 Å². The van der Waals surface area contributed by atoms with Crippen LogP contribution in [-0.2, 0) is 14.3 Å². The topological polar surface area (TPSA) is 43.4 Å². The van der Waals surface area contributed by atoms with E-state index in [0.717, 1.165) is 32.1 Å². The van der Waals surface area contributed by atoms with Gasteiger partial charge in [0.1, 0.15) is 0 Å². The maximum Gasteiger partial charge on any atom is 0.313 e. The number of allylic oxidation sites excluding steroid dienone is 2. The highest BCUT2D eigenvalue weighted by Gasteiger charge is 2.10. The summed E-state index contributed by atoms with van der Waals surface area (Å²) in [6, 6.07) is 0. The smallest absolute Gasteiger partial charge is 0.313 e. The normalized spacial score (nSPS) is 11.6. The van der Waals surface area contributed by atoms with Crippen molar-refractivity contribution in [2.24, 2.45) is 0 Å². The van der Waals surface area contributed by atoms with Gasteiger partial charge in [-0.3, -0.25) is 9.59 Å². The first-order valence-electron chi connectivity index (χ1n) is 23.1. The summed E-state index contributed by atoms with van der Waals surface area (Å²) in [4.78, 5) is 24.0. The fourth-order valence-electron chi connectivity index (χ4n) is 7.15. The summed E-state index contributed by atoms with van der Waals surface area (Å²) in [5.74, 6) is -0.658. The van der Waals surface area contributed by atoms with Gasteiger partial charge in [-0.25, -0.2) is 0 Å². The van der Waals surface area contributed by atoms with Gasteiger partial charge in [-0.1, -0.05) is 238 Å². The summed E-state index contributed by atoms with van der Waals surface area (Å²) in [6.07, 6.45) is 57.4. The molecule has 0 aromatic rings. The van der Waals surface area contributed by atoms with E-state index in [1.165, 1.54) is 218 Å². The van der Waals surface area contributed by atoms with Crippen LogP contribution in [0.25, 0.3) is 0 Å². The summed E-state index contributed by atoms with van der Waals surface area (Å²) in [5, 5.41) is 0. The molecule has 3 heteroatoms. The lowest BCUT2D eigenvalue weighted by Gasteiger charge is -2.05. The summed E-state index contributed by atoms with van der Waals surface area (Å²) in [7, 11) is 0. The van der Waals surface area contributed by atoms with Crippen LogP contribution < -0.4 is 0 Å². The molecule has 0 unspecified atom stereocenters. The molecule has 0 rings (SSSR count). The second-order valence-corrected chi connectivity index (χ2v) is 15.8. The van der Waals surface area contributed by atoms with Crippen LogP contribution in [0.15, 0.2) is 12.2 Å². The standard InChI is InChI=1S/C47H90O3/c1-3-5-7-9-11-13-15-17-19-20-21-22-23-24-25-26-27-28-29-31-33-35-37-39-41-43-45-47(49)50-46(48)44-42-40-38-36-34-32-30-18-16-14-12-10-8-6-4-2/h18,30H,3-17,19-29,31-45H2,1-2H3/b30-18-. The van der Waals surface area contributed by atoms with Gasteiger partial charge in [-0.05, 0) is 38.5 Å². The number of carbonyl (C=O) groups excluding carboxylic acids is 2. The maximum atomic E-state index is 12.0. The quantitative estimate of drug-likeness (QED) is 0.0275. The number of ether oxygens (including phenoxy) is 1. The summed E-state index contributed by atoms with van der Waals surface area (Å²) < 4.78 is 5.04. The highest BCUT2D eigenvalue weighted by atomic mass is 16.6. The second-order valence-electron chi connectivity index (χ2n) is 15.8. The molecule has 0 spiro atoms. The predicted molar refractivity (Wildman–Crippen MR) is 221 cm³/mol. The zero-order valence-corrected chi connectivity index (χ0v) is 34.4. The summed E-state index contributed by atoms with van der Waals surface area (Å²) >= 11 is 0. The SMILES string of the molecule is CCCCCCCC/C=C\CCCCCCCC(=O)OC(=O)CCCCCCCCCCCCCCCCCCCCCCCCCCCC. The van der Waals surface area contributed by atoms with Crippen LogP contribution in [0.1, 0.15) is 277 Å². The molecule has 0 atom stereocenters. The Hall–Kier alpha value is -1.12. The average molecular weight is 703 g/mol. The first-order chi connectivity index (χ1) is 24.7. The molecule has 0 aliphatic rings. The van der Waals surface area contributed by atoms with E-state index in [-0.39, 0.29) is 11.9 Å². The van der Waals surface area contributed by atoms with E-state index in [1.54, 1.807) is 0 Å². The van der Waals surface area contributed by atoms with Crippen molar-refractivity contribution in [3.05, 3.63) is 12.2 Å². The molecule has 296 valence electrons. The van der Waals surface area contributed by atoms with Gasteiger partial charge in [0, 0.05) is 12.8 Å². The molecule has 0 aliphatic carbocycles. The molecule has 0 saturated heterocycles. The minimum Gasteiger partial charge on any atom is -0.393 e. The molecule has 3 nitrogen and oxygen atoms in total. The lowest BCUT2D eigenvalue weighted by Crippen LogP contribution is -2.11. The van der Waals surface area contributed by atoms with Crippen LogP contribution >= 0.6 is 0 Å². The van der Waals surface area contributed by atoms with Crippen LogP contribution in [0, 0.1) is 0 Å². The van der Waals surface area contributed by atoms with Crippen LogP contribution in [0.4, 0.5) is 0 Å². The van der Waals surface area contributed by atoms with Gasteiger partial charge in [0.25, 0.3) is 0 Å². The third-order valence-electron chi connectivity index (χ3n) is 10.6. The van der Waals surface area contributed by atoms with Gasteiger partial charge in [0.2, 0.25) is 0 Å². The van der Waals surface area contributed by atoms with Gasteiger partial charge in [-0.2, -0.15) is 0 Å². The van der Waals surface area contributed by atoms with Gasteiger partial charge < -0.3 is 4.74 Å². The third kappa shape index (κ3) is 43.0. The molecule has 0 radical (unpaired) electrons. The lowest BCUT2D eigenvalue weighted by atomic mass is 10.0. The molecule has 0 saturated carbocycles. The number of hydrogen-bond acceptors (Lipinski definition) is 3. The zero-order valence-electron chi connectivity index (χ0n) is 34.4. The van der Waals surface area contributed by atoms with Gasteiger partial charge in [0.05, 0.1) is 0 Å². The Labute approximate surface area is 314 Å². The molecule has 50 heavy (non-hydrogen) atoms. The first-order valence-corrected chi connectivity index (χ1v) is 23.1. The summed E-state index contributed by atoms with van der Waals surface area (Å²) in [5.41, 5.74) is 0. The Morgan fingerprint density at radius 2 is 0.500 bits per heavy atom. The number of rotatable bonds is 42. The first kappa shape index (κ1) is 48.9. The Bertz CT molecular complexity index is 699. The van der Waals surface area contributed by atoms with E-state index in [2.05, 4.69) is 26.0 Å². The fraction of sp³-hybridized carbons (Fsp3) is 0.915. The predicted octanol–water partition coefficient (Wildman–Crippen LogP) is 16.6. The third-order valence-corrected chi connectivity index (χ3v) is 10.6. The van der Waals surface area contributed by atoms with Gasteiger partial charge >= 0.3 is 11.9 Å². The van der Waals surface area contributed by atoms with Crippen molar-refractivity contribution in [3.63, 3.8) is 0 Å². The second kappa shape index (κ2) is 44.0. The van der Waals surface area contributed by atoms with E-state index >= 15 is 0 Å². The van der Waals surface area contributed by atoms with Crippen LogP contribution in [-0.4, -0.2) is 11.9 Å². The lowest BCUT2D eigenvalue weighted by molar-refractivity contribution is -0.159. The Kier molecular flexibility index (Phi) is 43.1. The maximum absolute atomic E-state index is 12.0. The zero-order chi connectivity index (χ0) is 36.3. The van der Waals surface area contributed by atoms with E-state index in [1.807, 2.05) is 0 Å². The van der Waals surface area contributed by atoms with Crippen molar-refractivity contribution >= 4 is 11.9 Å². The van der Waals surface area contributed by atoms with Gasteiger partial charge in [-0.15, -0.1) is 0 Å². The Morgan fingerprint density at radius 1 is 0.300 bits per heavy atom. The van der Waals surface area contributed by atoms with Crippen LogP contribution in [0.5, 0.6) is 0 Å². The van der Waals surface area contributed by atoms with Crippen molar-refractivity contribution in [2.45, 2.75) is 277 Å². The number of unbranched alkanes of at least 4 members (excludes halogenated alkanes) is 36. The van der Waals surface area contributed by atoms with E-state index in [4.69, 9.17) is 4.74 Å². The molecule has 0 bridgehead atoms. The van der Waals surface area contributed by atoms with Crippen LogP contribution in [0.2, 0.25) is 0 Å². The summed E-state index contributed by atoms with van der Waals surface area (Å²) in [6.45, 7) is 4.57. The largest absolute Gasteiger partial charge is 0.393 e. The number of carbonyl (C=O) groups is 2. The molecular weight excluding hydrogens is 613 g/mol. The monoisotopic (exact) mass is 703 g/mol. The minimum atomic E-state index is -0.331. The van der Waals surface area contributed by atoms with Crippen molar-refractivity contribution in [1.29, 1.82) is 0 Å². The van der Waals surface area contributed by atoms with Crippen LogP contribution in [0.3, 0.4) is 0 Å². The average Bonchev–Trinajstić information content (AvgIpc) is 3.11. The number of hydrogen-bond donors (Lipinski definition) is 0. The molecule has 0 aromatic carbocycles. The highest BCUT2D eigenvalue weighted by molar-refractivity contribution is 5.85. The Balaban J connectivity index is 3.26. The van der Waals surface area contributed by atoms with Crippen molar-refractivity contribution < 1.29 is 14.3 Å². The molecule has 0 N–H and O–H groups in total. The van der Waals surface area contributed by atoms with Gasteiger partial charge in [0.15, 0.2) is 0 Å². The van der Waals surface area contributed by atoms with E-state index in [9.17, 15) is 9.59 Å². The highest BCUT2D eigenvalue weighted by Crippen LogP contribution is 2.17. The molecule has 0 aromatic heterocycles. The molecule has 0 fully saturated rings. The molecule has 0 heterocycles. The van der Waals surface area contributed by atoms with Crippen molar-refractivity contribution in [2.75, 3.05) is 0 Å². The molecular formula is C47H90O3. The molecule has 0 aliphatic heterocycles. The number of esters is 2. The van der Waals surface area contributed by atoms with E-state index < -0.39 is 0 Å². The van der Waals surface area contributed by atoms with E-state index in [0.29, 0.717) is 12.8 Å². The fourth-order valence-corrected chi connectivity index (χ4v) is 7.15. The Morgan fingerprint density at radius 3 is 0.740 bits per heavy atom. The minimum absolute atomic E-state index is 0.327. The molecule has 0 amide bonds. The van der Waals surface area contributed by atoms with Crippen molar-refractivity contribution in [3.8, 4) is 0 Å².